The molecule has 0 bridgehead atoms. The molecule has 21 heavy (non-hydrogen) atoms. The lowest BCUT2D eigenvalue weighted by Crippen LogP contribution is -2.75. The van der Waals surface area contributed by atoms with E-state index >= 15 is 0 Å². The lowest BCUT2D eigenvalue weighted by atomic mass is 9.81. The number of carbonyl (C=O) groups is 2. The van der Waals surface area contributed by atoms with Crippen LogP contribution in [0.3, 0.4) is 0 Å². The number of carbonyl (C=O) groups excluding carboxylic acids is 2. The largest absolute Gasteiger partial charge is 0.379 e. The van der Waals surface area contributed by atoms with Gasteiger partial charge in [-0.1, -0.05) is 27.7 Å². The van der Waals surface area contributed by atoms with E-state index in [0.717, 1.165) is 6.42 Å². The number of hydrogen-bond donors (Lipinski definition) is 1. The minimum absolute atomic E-state index is 0.0265. The van der Waals surface area contributed by atoms with Gasteiger partial charge in [0, 0.05) is 6.61 Å². The van der Waals surface area contributed by atoms with Gasteiger partial charge >= 0.3 is 0 Å². The SMILES string of the molecule is CCC1(CC)NC(=O)C(C(C)C)N(C2(C)CCOC2)C1=O. The van der Waals surface area contributed by atoms with Crippen LogP contribution < -0.4 is 5.32 Å². The van der Waals surface area contributed by atoms with Gasteiger partial charge in [-0.2, -0.15) is 0 Å². The second-order valence-corrected chi connectivity index (χ2v) is 6.94. The van der Waals surface area contributed by atoms with Gasteiger partial charge in [0.05, 0.1) is 12.1 Å². The first kappa shape index (κ1) is 16.3. The fourth-order valence-electron chi connectivity index (χ4n) is 3.59. The quantitative estimate of drug-likeness (QED) is 0.859. The van der Waals surface area contributed by atoms with Crippen LogP contribution in [0.5, 0.6) is 0 Å². The van der Waals surface area contributed by atoms with E-state index in [1.165, 1.54) is 0 Å². The van der Waals surface area contributed by atoms with Crippen molar-refractivity contribution in [2.75, 3.05) is 13.2 Å². The first-order valence-corrected chi connectivity index (χ1v) is 8.05. The van der Waals surface area contributed by atoms with Crippen LogP contribution in [0.15, 0.2) is 0 Å². The maximum Gasteiger partial charge on any atom is 0.249 e. The van der Waals surface area contributed by atoms with Gasteiger partial charge in [-0.05, 0) is 32.1 Å². The van der Waals surface area contributed by atoms with E-state index in [-0.39, 0.29) is 23.3 Å². The van der Waals surface area contributed by atoms with Gasteiger partial charge in [-0.3, -0.25) is 9.59 Å². The van der Waals surface area contributed by atoms with Crippen molar-refractivity contribution in [3.63, 3.8) is 0 Å². The summed E-state index contributed by atoms with van der Waals surface area (Å²) < 4.78 is 5.53. The number of amides is 2. The Morgan fingerprint density at radius 3 is 2.38 bits per heavy atom. The van der Waals surface area contributed by atoms with E-state index in [0.29, 0.717) is 26.1 Å². The summed E-state index contributed by atoms with van der Waals surface area (Å²) in [5, 5.41) is 3.01. The Hall–Kier alpha value is -1.10. The predicted molar refractivity (Wildman–Crippen MR) is 80.8 cm³/mol. The van der Waals surface area contributed by atoms with E-state index in [9.17, 15) is 9.59 Å². The summed E-state index contributed by atoms with van der Waals surface area (Å²) in [5.41, 5.74) is -1.13. The second-order valence-electron chi connectivity index (χ2n) is 6.94. The Balaban J connectivity index is 2.47. The lowest BCUT2D eigenvalue weighted by Gasteiger charge is -2.52. The molecule has 0 saturated carbocycles. The predicted octanol–water partition coefficient (Wildman–Crippen LogP) is 1.71. The minimum Gasteiger partial charge on any atom is -0.379 e. The molecule has 1 N–H and O–H groups in total. The molecule has 0 aromatic carbocycles. The highest BCUT2D eigenvalue weighted by atomic mass is 16.5. The van der Waals surface area contributed by atoms with Crippen molar-refractivity contribution < 1.29 is 14.3 Å². The standard InChI is InChI=1S/C16H28N2O3/c1-6-16(7-2)14(20)18(15(5)8-9-21-10-15)12(11(3)4)13(19)17-16/h11-12H,6-10H2,1-5H3,(H,17,19). The third-order valence-corrected chi connectivity index (χ3v) is 5.16. The van der Waals surface area contributed by atoms with Gasteiger partial charge < -0.3 is 15.0 Å². The molecule has 2 aliphatic heterocycles. The van der Waals surface area contributed by atoms with Crippen LogP contribution in [0.1, 0.15) is 53.9 Å². The van der Waals surface area contributed by atoms with Gasteiger partial charge in [-0.25, -0.2) is 0 Å². The Morgan fingerprint density at radius 1 is 1.33 bits per heavy atom. The zero-order valence-electron chi connectivity index (χ0n) is 13.9. The van der Waals surface area contributed by atoms with E-state index in [4.69, 9.17) is 4.74 Å². The molecule has 2 saturated heterocycles. The highest BCUT2D eigenvalue weighted by Gasteiger charge is 2.55. The van der Waals surface area contributed by atoms with Gasteiger partial charge in [0.15, 0.2) is 0 Å². The first-order chi connectivity index (χ1) is 9.81. The molecule has 120 valence electrons. The Kier molecular flexibility index (Phi) is 4.34. The first-order valence-electron chi connectivity index (χ1n) is 8.05. The van der Waals surface area contributed by atoms with E-state index in [1.807, 2.05) is 39.5 Å². The van der Waals surface area contributed by atoms with Crippen molar-refractivity contribution in [1.29, 1.82) is 0 Å². The number of nitrogens with one attached hydrogen (secondary N) is 1. The summed E-state index contributed by atoms with van der Waals surface area (Å²) in [7, 11) is 0. The van der Waals surface area contributed by atoms with E-state index in [1.54, 1.807) is 0 Å². The van der Waals surface area contributed by atoms with Crippen LogP contribution >= 0.6 is 0 Å². The third-order valence-electron chi connectivity index (χ3n) is 5.16. The molecule has 2 heterocycles. The number of piperazine rings is 1. The average Bonchev–Trinajstić information content (AvgIpc) is 2.87. The molecule has 0 aromatic heterocycles. The van der Waals surface area contributed by atoms with Crippen LogP contribution in [-0.2, 0) is 14.3 Å². The van der Waals surface area contributed by atoms with Crippen LogP contribution in [0.4, 0.5) is 0 Å². The van der Waals surface area contributed by atoms with Crippen molar-refractivity contribution in [2.24, 2.45) is 5.92 Å². The van der Waals surface area contributed by atoms with E-state index < -0.39 is 11.6 Å². The molecule has 5 nitrogen and oxygen atoms in total. The lowest BCUT2D eigenvalue weighted by molar-refractivity contribution is -0.165. The maximum atomic E-state index is 13.2. The van der Waals surface area contributed by atoms with Crippen LogP contribution in [0, 0.1) is 5.92 Å². The smallest absolute Gasteiger partial charge is 0.249 e. The fraction of sp³-hybridized carbons (Fsp3) is 0.875. The summed E-state index contributed by atoms with van der Waals surface area (Å²) in [6, 6.07) is -0.407. The number of ether oxygens (including phenoxy) is 1. The molecule has 2 aliphatic rings. The van der Waals surface area contributed by atoms with Crippen LogP contribution in [0.25, 0.3) is 0 Å². The molecule has 0 radical (unpaired) electrons. The zero-order chi connectivity index (χ0) is 15.8. The molecule has 0 aliphatic carbocycles. The Morgan fingerprint density at radius 2 is 1.95 bits per heavy atom. The summed E-state index contributed by atoms with van der Waals surface area (Å²) >= 11 is 0. The number of nitrogens with zero attached hydrogens (tertiary/aromatic N) is 1. The van der Waals surface area contributed by atoms with Crippen molar-refractivity contribution in [1.82, 2.24) is 10.2 Å². The Labute approximate surface area is 127 Å². The molecule has 0 aromatic rings. The highest BCUT2D eigenvalue weighted by Crippen LogP contribution is 2.36. The summed E-state index contributed by atoms with van der Waals surface area (Å²) in [6.45, 7) is 11.1. The fourth-order valence-corrected chi connectivity index (χ4v) is 3.59. The van der Waals surface area contributed by atoms with Gasteiger partial charge in [0.1, 0.15) is 11.6 Å². The topological polar surface area (TPSA) is 58.6 Å². The van der Waals surface area contributed by atoms with Gasteiger partial charge in [-0.15, -0.1) is 0 Å². The molecule has 2 rings (SSSR count). The maximum absolute atomic E-state index is 13.2. The average molecular weight is 296 g/mol. The van der Waals surface area contributed by atoms with Crippen LogP contribution in [0.2, 0.25) is 0 Å². The third kappa shape index (κ3) is 2.45. The summed E-state index contributed by atoms with van der Waals surface area (Å²) in [5.74, 6) is 0.110. The monoisotopic (exact) mass is 296 g/mol. The van der Waals surface area contributed by atoms with Crippen molar-refractivity contribution in [3.8, 4) is 0 Å². The normalized spacial score (nSPS) is 32.7. The zero-order valence-corrected chi connectivity index (χ0v) is 13.9. The summed E-state index contributed by atoms with van der Waals surface area (Å²) in [6.07, 6.45) is 2.03. The van der Waals surface area contributed by atoms with Crippen LogP contribution in [-0.4, -0.2) is 47.0 Å². The molecule has 5 heteroatoms. The molecular formula is C16H28N2O3. The van der Waals surface area contributed by atoms with Crippen molar-refractivity contribution in [3.05, 3.63) is 0 Å². The van der Waals surface area contributed by atoms with E-state index in [2.05, 4.69) is 5.32 Å². The summed E-state index contributed by atoms with van der Waals surface area (Å²) in [4.78, 5) is 27.7. The second kappa shape index (κ2) is 5.59. The van der Waals surface area contributed by atoms with Crippen molar-refractivity contribution >= 4 is 11.8 Å². The minimum atomic E-state index is -0.756. The molecule has 0 spiro atoms. The van der Waals surface area contributed by atoms with Gasteiger partial charge in [0.2, 0.25) is 11.8 Å². The Bertz CT molecular complexity index is 423. The van der Waals surface area contributed by atoms with Crippen molar-refractivity contribution in [2.45, 2.75) is 71.0 Å². The number of hydrogen-bond acceptors (Lipinski definition) is 3. The molecule has 2 amide bonds. The molecule has 2 unspecified atom stereocenters. The molecular weight excluding hydrogens is 268 g/mol. The number of rotatable bonds is 4. The van der Waals surface area contributed by atoms with Gasteiger partial charge in [0.25, 0.3) is 0 Å². The highest BCUT2D eigenvalue weighted by molar-refractivity contribution is 6.00. The molecule has 2 fully saturated rings. The molecule has 2 atom stereocenters.